The van der Waals surface area contributed by atoms with Crippen molar-refractivity contribution in [2.24, 2.45) is 23.7 Å². The SMILES string of the molecule is CC(OC(=O)c1cc(-c2ccc(N3C(=O)C4C5CCC(C5)C4C3=O)cc2)nc2c(Cl)cccc12)C(=O)c1ccccc1. The minimum Gasteiger partial charge on any atom is -0.451 e. The molecule has 2 saturated carbocycles. The maximum absolute atomic E-state index is 13.4. The van der Waals surface area contributed by atoms with Crippen LogP contribution in [0.3, 0.4) is 0 Å². The van der Waals surface area contributed by atoms with Crippen LogP contribution >= 0.6 is 11.6 Å². The van der Waals surface area contributed by atoms with Gasteiger partial charge in [-0.1, -0.05) is 66.2 Å². The molecule has 4 aromatic rings. The number of hydrogen-bond donors (Lipinski definition) is 0. The monoisotopic (exact) mass is 578 g/mol. The quantitative estimate of drug-likeness (QED) is 0.147. The van der Waals surface area contributed by atoms with Crippen molar-refractivity contribution in [1.82, 2.24) is 4.98 Å². The number of esters is 1. The lowest BCUT2D eigenvalue weighted by atomic mass is 9.81. The number of Topliss-reactive ketones (excluding diaryl/α,β-unsaturated/α-hetero) is 1. The summed E-state index contributed by atoms with van der Waals surface area (Å²) >= 11 is 6.50. The number of benzene rings is 3. The smallest absolute Gasteiger partial charge is 0.339 e. The Kier molecular flexibility index (Phi) is 6.43. The van der Waals surface area contributed by atoms with Crippen LogP contribution in [0.2, 0.25) is 5.02 Å². The molecule has 3 aromatic carbocycles. The Balaban J connectivity index is 1.19. The highest BCUT2D eigenvalue weighted by atomic mass is 35.5. The number of anilines is 1. The Morgan fingerprint density at radius 1 is 0.905 bits per heavy atom. The first kappa shape index (κ1) is 26.5. The maximum Gasteiger partial charge on any atom is 0.339 e. The summed E-state index contributed by atoms with van der Waals surface area (Å²) < 4.78 is 5.62. The number of amides is 2. The first-order chi connectivity index (χ1) is 20.3. The number of halogens is 1. The number of para-hydroxylation sites is 1. The molecule has 5 atom stereocenters. The molecule has 210 valence electrons. The van der Waals surface area contributed by atoms with Crippen LogP contribution in [0.4, 0.5) is 5.69 Å². The molecule has 5 unspecified atom stereocenters. The molecule has 42 heavy (non-hydrogen) atoms. The molecule has 2 amide bonds. The summed E-state index contributed by atoms with van der Waals surface area (Å²) in [6.07, 6.45) is 2.03. The second-order valence-corrected chi connectivity index (χ2v) is 11.8. The van der Waals surface area contributed by atoms with Crippen molar-refractivity contribution in [2.75, 3.05) is 4.90 Å². The van der Waals surface area contributed by atoms with Crippen molar-refractivity contribution in [3.63, 3.8) is 0 Å². The third-order valence-electron chi connectivity index (χ3n) is 9.07. The highest BCUT2D eigenvalue weighted by Crippen LogP contribution is 2.56. The van der Waals surface area contributed by atoms with Gasteiger partial charge in [0, 0.05) is 16.5 Å². The Bertz CT molecular complexity index is 1740. The van der Waals surface area contributed by atoms with Crippen LogP contribution in [-0.2, 0) is 14.3 Å². The molecule has 7 rings (SSSR count). The van der Waals surface area contributed by atoms with Crippen LogP contribution in [0.1, 0.15) is 46.9 Å². The number of nitrogens with zero attached hydrogens (tertiary/aromatic N) is 2. The number of carbonyl (C=O) groups excluding carboxylic acids is 4. The molecule has 2 heterocycles. The van der Waals surface area contributed by atoms with Gasteiger partial charge in [-0.15, -0.1) is 0 Å². The van der Waals surface area contributed by atoms with E-state index < -0.39 is 12.1 Å². The molecule has 0 spiro atoms. The standard InChI is InChI=1S/C34H27ClN2O5/c1-18(31(38)20-6-3-2-4-7-20)42-34(41)25-17-27(36-30-24(25)8-5-9-26(30)35)19-12-14-23(15-13-19)37-32(39)28-21-10-11-22(16-21)29(28)33(37)40/h2-9,12-15,17-18,21-22,28-29H,10-11,16H2,1H3. The lowest BCUT2D eigenvalue weighted by molar-refractivity contribution is -0.123. The largest absolute Gasteiger partial charge is 0.451 e. The third kappa shape index (κ3) is 4.22. The predicted octanol–water partition coefficient (Wildman–Crippen LogP) is 6.52. The molecule has 0 radical (unpaired) electrons. The minimum absolute atomic E-state index is 0.0928. The zero-order valence-corrected chi connectivity index (χ0v) is 23.6. The van der Waals surface area contributed by atoms with E-state index in [0.29, 0.717) is 50.3 Å². The van der Waals surface area contributed by atoms with Crippen molar-refractivity contribution >= 4 is 51.8 Å². The predicted molar refractivity (Wildman–Crippen MR) is 158 cm³/mol. The fourth-order valence-corrected chi connectivity index (χ4v) is 7.31. The molecule has 1 aliphatic heterocycles. The third-order valence-corrected chi connectivity index (χ3v) is 9.38. The summed E-state index contributed by atoms with van der Waals surface area (Å²) in [5.41, 5.74) is 2.76. The summed E-state index contributed by atoms with van der Waals surface area (Å²) in [6, 6.07) is 22.5. The molecule has 1 saturated heterocycles. The zero-order valence-electron chi connectivity index (χ0n) is 22.8. The molecular formula is C34H27ClN2O5. The van der Waals surface area contributed by atoms with Gasteiger partial charge in [-0.3, -0.25) is 19.3 Å². The van der Waals surface area contributed by atoms with Crippen LogP contribution in [0.5, 0.6) is 0 Å². The molecule has 8 heteroatoms. The van der Waals surface area contributed by atoms with E-state index in [0.717, 1.165) is 19.3 Å². The van der Waals surface area contributed by atoms with E-state index in [9.17, 15) is 19.2 Å². The number of carbonyl (C=O) groups is 4. The topological polar surface area (TPSA) is 93.6 Å². The van der Waals surface area contributed by atoms with Gasteiger partial charge >= 0.3 is 5.97 Å². The second-order valence-electron chi connectivity index (χ2n) is 11.4. The first-order valence-corrected chi connectivity index (χ1v) is 14.6. The summed E-state index contributed by atoms with van der Waals surface area (Å²) in [5.74, 6) is -0.912. The minimum atomic E-state index is -1.00. The van der Waals surface area contributed by atoms with Gasteiger partial charge < -0.3 is 4.74 Å². The number of imide groups is 1. The maximum atomic E-state index is 13.4. The summed E-state index contributed by atoms with van der Waals surface area (Å²) in [5, 5.41) is 0.865. The molecular weight excluding hydrogens is 552 g/mol. The fraction of sp³-hybridized carbons (Fsp3) is 0.265. The van der Waals surface area contributed by atoms with E-state index in [4.69, 9.17) is 21.3 Å². The molecule has 3 aliphatic rings. The van der Waals surface area contributed by atoms with E-state index in [1.807, 2.05) is 6.07 Å². The summed E-state index contributed by atoms with van der Waals surface area (Å²) in [4.78, 5) is 58.9. The van der Waals surface area contributed by atoms with Crippen LogP contribution in [-0.4, -0.2) is 34.7 Å². The van der Waals surface area contributed by atoms with Gasteiger partial charge in [0.1, 0.15) is 0 Å². The van der Waals surface area contributed by atoms with Crippen molar-refractivity contribution in [1.29, 1.82) is 0 Å². The fourth-order valence-electron chi connectivity index (χ4n) is 7.09. The van der Waals surface area contributed by atoms with Crippen molar-refractivity contribution in [3.8, 4) is 11.3 Å². The number of rotatable bonds is 6. The van der Waals surface area contributed by atoms with E-state index in [1.165, 1.54) is 4.90 Å². The lowest BCUT2D eigenvalue weighted by Crippen LogP contribution is -2.32. The molecule has 2 aliphatic carbocycles. The van der Waals surface area contributed by atoms with Gasteiger partial charge in [-0.05, 0) is 62.3 Å². The van der Waals surface area contributed by atoms with Crippen LogP contribution in [0.25, 0.3) is 22.2 Å². The molecule has 2 bridgehead atoms. The van der Waals surface area contributed by atoms with Gasteiger partial charge in [-0.2, -0.15) is 0 Å². The van der Waals surface area contributed by atoms with Gasteiger partial charge in [0.25, 0.3) is 0 Å². The van der Waals surface area contributed by atoms with E-state index in [2.05, 4.69) is 0 Å². The highest BCUT2D eigenvalue weighted by molar-refractivity contribution is 6.35. The number of ether oxygens (including phenoxy) is 1. The molecule has 0 N–H and O–H groups in total. The summed E-state index contributed by atoms with van der Waals surface area (Å²) in [6.45, 7) is 1.55. The normalized spacial score (nSPS) is 23.3. The number of hydrogen-bond acceptors (Lipinski definition) is 6. The van der Waals surface area contributed by atoms with E-state index in [-0.39, 0.29) is 35.0 Å². The second kappa shape index (κ2) is 10.2. The Labute approximate surface area is 247 Å². The Morgan fingerprint density at radius 2 is 1.57 bits per heavy atom. The lowest BCUT2D eigenvalue weighted by Gasteiger charge is -2.19. The van der Waals surface area contributed by atoms with Crippen LogP contribution < -0.4 is 4.90 Å². The average molecular weight is 579 g/mol. The number of ketones is 1. The van der Waals surface area contributed by atoms with E-state index in [1.54, 1.807) is 79.7 Å². The highest BCUT2D eigenvalue weighted by Gasteiger charge is 2.61. The zero-order chi connectivity index (χ0) is 29.1. The number of pyridine rings is 1. The van der Waals surface area contributed by atoms with Gasteiger partial charge in [0.2, 0.25) is 17.6 Å². The van der Waals surface area contributed by atoms with Crippen LogP contribution in [0.15, 0.2) is 78.9 Å². The number of aromatic nitrogens is 1. The molecule has 3 fully saturated rings. The average Bonchev–Trinajstić information content (AvgIpc) is 3.70. The van der Waals surface area contributed by atoms with Crippen molar-refractivity contribution in [3.05, 3.63) is 95.0 Å². The van der Waals surface area contributed by atoms with Crippen molar-refractivity contribution in [2.45, 2.75) is 32.3 Å². The molecule has 1 aromatic heterocycles. The van der Waals surface area contributed by atoms with Crippen molar-refractivity contribution < 1.29 is 23.9 Å². The van der Waals surface area contributed by atoms with E-state index >= 15 is 0 Å². The Hall–Kier alpha value is -4.36. The van der Waals surface area contributed by atoms with Gasteiger partial charge in [-0.25, -0.2) is 9.78 Å². The Morgan fingerprint density at radius 3 is 2.24 bits per heavy atom. The number of fused-ring (bicyclic) bond motifs is 6. The summed E-state index contributed by atoms with van der Waals surface area (Å²) in [7, 11) is 0. The van der Waals surface area contributed by atoms with Gasteiger partial charge in [0.05, 0.1) is 39.3 Å². The molecule has 7 nitrogen and oxygen atoms in total. The van der Waals surface area contributed by atoms with Gasteiger partial charge in [0.15, 0.2) is 6.10 Å². The first-order valence-electron chi connectivity index (χ1n) is 14.2. The van der Waals surface area contributed by atoms with Crippen LogP contribution in [0, 0.1) is 23.7 Å².